The summed E-state index contributed by atoms with van der Waals surface area (Å²) in [6.45, 7) is 2.99. The largest absolute Gasteiger partial charge is 0.348 e. The van der Waals surface area contributed by atoms with Crippen LogP contribution in [0.3, 0.4) is 0 Å². The maximum atomic E-state index is 4.22. The van der Waals surface area contributed by atoms with Crippen molar-refractivity contribution in [2.24, 2.45) is 0 Å². The quantitative estimate of drug-likeness (QED) is 0.850. The van der Waals surface area contributed by atoms with Crippen LogP contribution in [0, 0.1) is 0 Å². The average molecular weight is 216 g/mol. The first-order valence-corrected chi connectivity index (χ1v) is 5.36. The molecule has 4 heteroatoms. The summed E-state index contributed by atoms with van der Waals surface area (Å²) in [5, 5.41) is 0. The van der Waals surface area contributed by atoms with Crippen LogP contribution in [0.2, 0.25) is 0 Å². The maximum Gasteiger partial charge on any atom is 0.120 e. The Hall–Kier alpha value is -1.68. The molecule has 0 bridgehead atoms. The SMILES string of the molecule is C[C@H](c1ccncc1)N(C)Cc1ncc[nH]1. The van der Waals surface area contributed by atoms with Crippen LogP contribution in [0.1, 0.15) is 24.4 Å². The van der Waals surface area contributed by atoms with Crippen LogP contribution in [0.25, 0.3) is 0 Å². The average Bonchev–Trinajstić information content (AvgIpc) is 2.82. The van der Waals surface area contributed by atoms with Crippen LogP contribution in [0.15, 0.2) is 36.9 Å². The van der Waals surface area contributed by atoms with Crippen LogP contribution in [-0.2, 0) is 6.54 Å². The van der Waals surface area contributed by atoms with Gasteiger partial charge in [0.1, 0.15) is 5.82 Å². The Morgan fingerprint density at radius 3 is 2.69 bits per heavy atom. The highest BCUT2D eigenvalue weighted by Crippen LogP contribution is 2.18. The molecule has 0 fully saturated rings. The molecule has 0 saturated carbocycles. The van der Waals surface area contributed by atoms with E-state index in [1.807, 2.05) is 30.7 Å². The van der Waals surface area contributed by atoms with Gasteiger partial charge in [0.05, 0.1) is 6.54 Å². The zero-order valence-corrected chi connectivity index (χ0v) is 9.59. The number of nitrogens with zero attached hydrogens (tertiary/aromatic N) is 3. The Morgan fingerprint density at radius 1 is 1.31 bits per heavy atom. The Morgan fingerprint density at radius 2 is 2.06 bits per heavy atom. The van der Waals surface area contributed by atoms with E-state index < -0.39 is 0 Å². The normalized spacial score (nSPS) is 12.9. The lowest BCUT2D eigenvalue weighted by atomic mass is 10.1. The van der Waals surface area contributed by atoms with Gasteiger partial charge in [-0.2, -0.15) is 0 Å². The van der Waals surface area contributed by atoms with Crippen LogP contribution in [0.5, 0.6) is 0 Å². The minimum absolute atomic E-state index is 0.355. The van der Waals surface area contributed by atoms with Crippen molar-refractivity contribution in [3.05, 3.63) is 48.3 Å². The fourth-order valence-electron chi connectivity index (χ4n) is 1.65. The molecule has 2 rings (SSSR count). The summed E-state index contributed by atoms with van der Waals surface area (Å²) in [7, 11) is 2.09. The van der Waals surface area contributed by atoms with Gasteiger partial charge in [-0.1, -0.05) is 0 Å². The molecule has 0 saturated heterocycles. The van der Waals surface area contributed by atoms with Gasteiger partial charge in [-0.15, -0.1) is 0 Å². The Balaban J connectivity index is 2.02. The van der Waals surface area contributed by atoms with Gasteiger partial charge in [0, 0.05) is 30.8 Å². The van der Waals surface area contributed by atoms with E-state index in [9.17, 15) is 0 Å². The Labute approximate surface area is 95.4 Å². The highest BCUT2D eigenvalue weighted by Gasteiger charge is 2.12. The molecule has 0 aromatic carbocycles. The molecule has 2 aromatic rings. The van der Waals surface area contributed by atoms with Crippen LogP contribution in [-0.4, -0.2) is 26.9 Å². The van der Waals surface area contributed by atoms with Crippen molar-refractivity contribution in [1.82, 2.24) is 19.9 Å². The van der Waals surface area contributed by atoms with Crippen molar-refractivity contribution in [3.8, 4) is 0 Å². The van der Waals surface area contributed by atoms with Crippen molar-refractivity contribution in [2.45, 2.75) is 19.5 Å². The van der Waals surface area contributed by atoms with Gasteiger partial charge in [0.25, 0.3) is 0 Å². The van der Waals surface area contributed by atoms with Gasteiger partial charge in [0.15, 0.2) is 0 Å². The van der Waals surface area contributed by atoms with E-state index in [1.54, 1.807) is 6.20 Å². The third-order valence-electron chi connectivity index (χ3n) is 2.80. The summed E-state index contributed by atoms with van der Waals surface area (Å²) >= 11 is 0. The van der Waals surface area contributed by atoms with Crippen LogP contribution >= 0.6 is 0 Å². The molecule has 0 aliphatic carbocycles. The van der Waals surface area contributed by atoms with E-state index in [2.05, 4.69) is 33.8 Å². The van der Waals surface area contributed by atoms with Gasteiger partial charge >= 0.3 is 0 Å². The first-order chi connectivity index (χ1) is 7.77. The lowest BCUT2D eigenvalue weighted by Crippen LogP contribution is -2.22. The minimum Gasteiger partial charge on any atom is -0.348 e. The molecule has 16 heavy (non-hydrogen) atoms. The fraction of sp³-hybridized carbons (Fsp3) is 0.333. The molecule has 0 unspecified atom stereocenters. The van der Waals surface area contributed by atoms with Gasteiger partial charge in [0.2, 0.25) is 0 Å². The zero-order chi connectivity index (χ0) is 11.4. The number of H-pyrrole nitrogens is 1. The second-order valence-corrected chi connectivity index (χ2v) is 3.91. The molecule has 1 N–H and O–H groups in total. The lowest BCUT2D eigenvalue weighted by molar-refractivity contribution is 0.247. The van der Waals surface area contributed by atoms with Crippen LogP contribution < -0.4 is 0 Å². The number of rotatable bonds is 4. The van der Waals surface area contributed by atoms with Gasteiger partial charge in [-0.3, -0.25) is 9.88 Å². The maximum absolute atomic E-state index is 4.22. The van der Waals surface area contributed by atoms with Gasteiger partial charge < -0.3 is 4.98 Å². The molecular weight excluding hydrogens is 200 g/mol. The summed E-state index contributed by atoms with van der Waals surface area (Å²) in [5.74, 6) is 0.989. The molecule has 2 aromatic heterocycles. The second-order valence-electron chi connectivity index (χ2n) is 3.91. The van der Waals surface area contributed by atoms with Gasteiger partial charge in [-0.05, 0) is 31.7 Å². The van der Waals surface area contributed by atoms with Crippen molar-refractivity contribution in [3.63, 3.8) is 0 Å². The lowest BCUT2D eigenvalue weighted by Gasteiger charge is -2.23. The highest BCUT2D eigenvalue weighted by molar-refractivity contribution is 5.14. The molecule has 0 spiro atoms. The summed E-state index contributed by atoms with van der Waals surface area (Å²) in [6.07, 6.45) is 7.28. The monoisotopic (exact) mass is 216 g/mol. The number of hydrogen-bond acceptors (Lipinski definition) is 3. The Bertz CT molecular complexity index is 410. The first kappa shape index (κ1) is 10.8. The van der Waals surface area contributed by atoms with E-state index in [-0.39, 0.29) is 0 Å². The number of nitrogens with one attached hydrogen (secondary N) is 1. The third-order valence-corrected chi connectivity index (χ3v) is 2.80. The van der Waals surface area contributed by atoms with Gasteiger partial charge in [-0.25, -0.2) is 4.98 Å². The second kappa shape index (κ2) is 4.90. The predicted molar refractivity (Wildman–Crippen MR) is 62.7 cm³/mol. The summed E-state index contributed by atoms with van der Waals surface area (Å²) in [5.41, 5.74) is 1.27. The Kier molecular flexibility index (Phi) is 3.31. The number of aromatic nitrogens is 3. The number of imidazole rings is 1. The molecule has 1 atom stereocenters. The highest BCUT2D eigenvalue weighted by atomic mass is 15.1. The third kappa shape index (κ3) is 2.46. The molecule has 0 aliphatic heterocycles. The summed E-state index contributed by atoms with van der Waals surface area (Å²) < 4.78 is 0. The van der Waals surface area contributed by atoms with E-state index in [0.29, 0.717) is 6.04 Å². The first-order valence-electron chi connectivity index (χ1n) is 5.36. The molecule has 0 aliphatic rings. The molecular formula is C12H16N4. The van der Waals surface area contributed by atoms with Crippen molar-refractivity contribution in [1.29, 1.82) is 0 Å². The van der Waals surface area contributed by atoms with E-state index >= 15 is 0 Å². The minimum atomic E-state index is 0.355. The van der Waals surface area contributed by atoms with Crippen LogP contribution in [0.4, 0.5) is 0 Å². The van der Waals surface area contributed by atoms with E-state index in [1.165, 1.54) is 5.56 Å². The zero-order valence-electron chi connectivity index (χ0n) is 9.59. The fourth-order valence-corrected chi connectivity index (χ4v) is 1.65. The topological polar surface area (TPSA) is 44.8 Å². The number of pyridine rings is 1. The number of aromatic amines is 1. The molecule has 84 valence electrons. The van der Waals surface area contributed by atoms with Crippen molar-refractivity contribution < 1.29 is 0 Å². The van der Waals surface area contributed by atoms with E-state index in [4.69, 9.17) is 0 Å². The molecule has 0 amide bonds. The standard InChI is InChI=1S/C12H16N4/c1-10(11-3-5-13-6-4-11)16(2)9-12-14-7-8-15-12/h3-8,10H,9H2,1-2H3,(H,14,15)/t10-/m1/s1. The predicted octanol–water partition coefficient (Wildman–Crippen LogP) is 2.00. The van der Waals surface area contributed by atoms with E-state index in [0.717, 1.165) is 12.4 Å². The number of hydrogen-bond donors (Lipinski definition) is 1. The molecule has 2 heterocycles. The summed E-state index contributed by atoms with van der Waals surface area (Å²) in [6, 6.07) is 4.44. The van der Waals surface area contributed by atoms with Crippen molar-refractivity contribution in [2.75, 3.05) is 7.05 Å². The molecule has 0 radical (unpaired) electrons. The molecule has 4 nitrogen and oxygen atoms in total. The smallest absolute Gasteiger partial charge is 0.120 e. The van der Waals surface area contributed by atoms with Crippen molar-refractivity contribution >= 4 is 0 Å². The summed E-state index contributed by atoms with van der Waals surface area (Å²) in [4.78, 5) is 13.6.